The molecule has 3 rings (SSSR count). The zero-order valence-electron chi connectivity index (χ0n) is 15.3. The molecule has 0 bridgehead atoms. The van der Waals surface area contributed by atoms with Crippen LogP contribution in [0.5, 0.6) is 0 Å². The minimum atomic E-state index is 0.287. The minimum Gasteiger partial charge on any atom is -0.376 e. The van der Waals surface area contributed by atoms with Gasteiger partial charge in [0.15, 0.2) is 5.96 Å². The van der Waals surface area contributed by atoms with Gasteiger partial charge in [0.05, 0.1) is 23.7 Å². The summed E-state index contributed by atoms with van der Waals surface area (Å²) in [6.45, 7) is 8.46. The first kappa shape index (κ1) is 17.7. The number of benzene rings is 1. The van der Waals surface area contributed by atoms with E-state index in [1.54, 1.807) is 0 Å². The molecule has 0 aliphatic carbocycles. The molecule has 0 saturated carbocycles. The summed E-state index contributed by atoms with van der Waals surface area (Å²) in [4.78, 5) is 9.27. The topological polar surface area (TPSA) is 63.5 Å². The smallest absolute Gasteiger partial charge is 0.191 e. The normalized spacial score (nSPS) is 18.0. The van der Waals surface area contributed by atoms with Gasteiger partial charge in [-0.05, 0) is 45.2 Å². The molecule has 1 aliphatic rings. The first-order valence-electron chi connectivity index (χ1n) is 9.33. The van der Waals surface area contributed by atoms with Crippen molar-refractivity contribution in [2.24, 2.45) is 4.99 Å². The fraction of sp³-hybridized carbons (Fsp3) is 0.579. The molecule has 0 amide bonds. The number of guanidine groups is 1. The van der Waals surface area contributed by atoms with E-state index < -0.39 is 0 Å². The number of imidazole rings is 1. The first-order chi connectivity index (χ1) is 12.3. The summed E-state index contributed by atoms with van der Waals surface area (Å²) in [5.41, 5.74) is 2.28. The van der Waals surface area contributed by atoms with E-state index in [4.69, 9.17) is 4.74 Å². The van der Waals surface area contributed by atoms with E-state index in [2.05, 4.69) is 57.2 Å². The molecule has 1 saturated heterocycles. The third-order valence-corrected chi connectivity index (χ3v) is 4.52. The Morgan fingerprint density at radius 3 is 3.04 bits per heavy atom. The summed E-state index contributed by atoms with van der Waals surface area (Å²) in [7, 11) is 0. The molecule has 2 N–H and O–H groups in total. The van der Waals surface area contributed by atoms with Gasteiger partial charge < -0.3 is 19.9 Å². The lowest BCUT2D eigenvalue weighted by Gasteiger charge is -2.13. The summed E-state index contributed by atoms with van der Waals surface area (Å²) in [6.07, 6.45) is 3.58. The summed E-state index contributed by atoms with van der Waals surface area (Å²) in [6, 6.07) is 8.31. The Morgan fingerprint density at radius 1 is 1.36 bits per heavy atom. The van der Waals surface area contributed by atoms with E-state index in [1.807, 2.05) is 6.07 Å². The zero-order chi connectivity index (χ0) is 17.5. The van der Waals surface area contributed by atoms with Crippen LogP contribution in [-0.2, 0) is 11.3 Å². The van der Waals surface area contributed by atoms with Gasteiger partial charge in [0.25, 0.3) is 0 Å². The number of aliphatic imine (C=N–C) groups is 1. The predicted molar refractivity (Wildman–Crippen MR) is 102 cm³/mol. The average Bonchev–Trinajstić information content (AvgIpc) is 3.24. The van der Waals surface area contributed by atoms with Crippen LogP contribution in [0.25, 0.3) is 11.0 Å². The van der Waals surface area contributed by atoms with Crippen LogP contribution in [0.2, 0.25) is 0 Å². The van der Waals surface area contributed by atoms with Crippen molar-refractivity contribution in [3.05, 3.63) is 30.1 Å². The summed E-state index contributed by atoms with van der Waals surface area (Å²) < 4.78 is 7.92. The maximum atomic E-state index is 5.64. The van der Waals surface area contributed by atoms with Gasteiger partial charge in [-0.15, -0.1) is 0 Å². The Balaban J connectivity index is 1.49. The highest BCUT2D eigenvalue weighted by Gasteiger charge is 2.14. The number of ether oxygens (including phenoxy) is 1. The van der Waals surface area contributed by atoms with Gasteiger partial charge in [-0.25, -0.2) is 4.98 Å². The largest absolute Gasteiger partial charge is 0.376 e. The highest BCUT2D eigenvalue weighted by atomic mass is 16.5. The van der Waals surface area contributed by atoms with Crippen LogP contribution >= 0.6 is 0 Å². The molecule has 2 aromatic rings. The molecule has 1 aromatic heterocycles. The van der Waals surface area contributed by atoms with Crippen LogP contribution in [0, 0.1) is 6.92 Å². The van der Waals surface area contributed by atoms with Crippen LogP contribution in [0.1, 0.15) is 32.0 Å². The third-order valence-electron chi connectivity index (χ3n) is 4.52. The second-order valence-electron chi connectivity index (χ2n) is 6.43. The van der Waals surface area contributed by atoms with Crippen molar-refractivity contribution in [1.29, 1.82) is 0 Å². The molecular formula is C19H29N5O. The number of fused-ring (bicyclic) bond motifs is 1. The molecule has 1 aromatic carbocycles. The van der Waals surface area contributed by atoms with E-state index in [9.17, 15) is 0 Å². The second kappa shape index (κ2) is 8.85. The first-order valence-corrected chi connectivity index (χ1v) is 9.33. The number of aryl methyl sites for hydroxylation is 2. The summed E-state index contributed by atoms with van der Waals surface area (Å²) in [5.74, 6) is 1.95. The number of hydrogen-bond donors (Lipinski definition) is 2. The fourth-order valence-electron chi connectivity index (χ4n) is 3.25. The lowest BCUT2D eigenvalue weighted by molar-refractivity contribution is 0.117. The Kier molecular flexibility index (Phi) is 6.28. The molecule has 1 unspecified atom stereocenters. The highest BCUT2D eigenvalue weighted by Crippen LogP contribution is 2.15. The van der Waals surface area contributed by atoms with Crippen molar-refractivity contribution in [2.75, 3.05) is 26.2 Å². The number of rotatable bonds is 7. The molecule has 1 aliphatic heterocycles. The molecule has 2 heterocycles. The minimum absolute atomic E-state index is 0.287. The number of nitrogens with zero attached hydrogens (tertiary/aromatic N) is 3. The van der Waals surface area contributed by atoms with Crippen molar-refractivity contribution < 1.29 is 4.74 Å². The predicted octanol–water partition coefficient (Wildman–Crippen LogP) is 2.47. The molecule has 6 heteroatoms. The van der Waals surface area contributed by atoms with E-state index in [0.29, 0.717) is 0 Å². The Bertz CT molecular complexity index is 703. The van der Waals surface area contributed by atoms with Gasteiger partial charge >= 0.3 is 0 Å². The number of hydrogen-bond acceptors (Lipinski definition) is 3. The van der Waals surface area contributed by atoms with Gasteiger partial charge in [0.1, 0.15) is 5.82 Å². The summed E-state index contributed by atoms with van der Waals surface area (Å²) in [5, 5.41) is 6.73. The van der Waals surface area contributed by atoms with Crippen LogP contribution in [-0.4, -0.2) is 47.9 Å². The molecule has 1 atom stereocenters. The van der Waals surface area contributed by atoms with Crippen LogP contribution in [0.3, 0.4) is 0 Å². The summed E-state index contributed by atoms with van der Waals surface area (Å²) >= 11 is 0. The van der Waals surface area contributed by atoms with Crippen molar-refractivity contribution in [2.45, 2.75) is 45.8 Å². The SMILES string of the molecule is CCNC(=NCC1CCCO1)NCCCn1c(C)nc2ccccc21. The second-order valence-corrected chi connectivity index (χ2v) is 6.43. The molecule has 136 valence electrons. The van der Waals surface area contributed by atoms with E-state index in [1.165, 1.54) is 5.52 Å². The Hall–Kier alpha value is -2.08. The van der Waals surface area contributed by atoms with E-state index >= 15 is 0 Å². The van der Waals surface area contributed by atoms with Crippen molar-refractivity contribution in [3.63, 3.8) is 0 Å². The van der Waals surface area contributed by atoms with Gasteiger partial charge in [0.2, 0.25) is 0 Å². The van der Waals surface area contributed by atoms with Gasteiger partial charge in [-0.3, -0.25) is 4.99 Å². The van der Waals surface area contributed by atoms with Gasteiger partial charge in [-0.1, -0.05) is 12.1 Å². The van der Waals surface area contributed by atoms with Crippen LogP contribution < -0.4 is 10.6 Å². The van der Waals surface area contributed by atoms with Crippen LogP contribution in [0.15, 0.2) is 29.3 Å². The van der Waals surface area contributed by atoms with Crippen molar-refractivity contribution in [1.82, 2.24) is 20.2 Å². The average molecular weight is 343 g/mol. The van der Waals surface area contributed by atoms with Crippen molar-refractivity contribution in [3.8, 4) is 0 Å². The lowest BCUT2D eigenvalue weighted by atomic mass is 10.2. The van der Waals surface area contributed by atoms with Gasteiger partial charge in [-0.2, -0.15) is 0 Å². The number of aromatic nitrogens is 2. The van der Waals surface area contributed by atoms with E-state index in [0.717, 1.165) is 69.3 Å². The van der Waals surface area contributed by atoms with Crippen LogP contribution in [0.4, 0.5) is 0 Å². The highest BCUT2D eigenvalue weighted by molar-refractivity contribution is 5.79. The molecule has 1 fully saturated rings. The number of nitrogens with one attached hydrogen (secondary N) is 2. The number of para-hydroxylation sites is 2. The standard InChI is InChI=1S/C19H29N5O/c1-3-20-19(22-14-16-8-6-13-25-16)21-11-7-12-24-15(2)23-17-9-4-5-10-18(17)24/h4-5,9-10,16H,3,6-8,11-14H2,1-2H3,(H2,20,21,22). The quantitative estimate of drug-likeness (QED) is 0.460. The zero-order valence-corrected chi connectivity index (χ0v) is 15.3. The molecule has 6 nitrogen and oxygen atoms in total. The maximum absolute atomic E-state index is 5.64. The molecule has 0 spiro atoms. The maximum Gasteiger partial charge on any atom is 0.191 e. The Labute approximate surface area is 149 Å². The monoisotopic (exact) mass is 343 g/mol. The molecule has 25 heavy (non-hydrogen) atoms. The third kappa shape index (κ3) is 4.72. The molecular weight excluding hydrogens is 314 g/mol. The fourth-order valence-corrected chi connectivity index (χ4v) is 3.25. The van der Waals surface area contributed by atoms with Crippen molar-refractivity contribution >= 4 is 17.0 Å². The lowest BCUT2D eigenvalue weighted by Crippen LogP contribution is -2.38. The Morgan fingerprint density at radius 2 is 2.24 bits per heavy atom. The van der Waals surface area contributed by atoms with Gasteiger partial charge in [0, 0.05) is 26.2 Å². The molecule has 0 radical (unpaired) electrons. The van der Waals surface area contributed by atoms with E-state index in [-0.39, 0.29) is 6.10 Å².